The summed E-state index contributed by atoms with van der Waals surface area (Å²) in [4.78, 5) is 0. The summed E-state index contributed by atoms with van der Waals surface area (Å²) in [5.74, 6) is 1.40. The van der Waals surface area contributed by atoms with Gasteiger partial charge in [-0.05, 0) is 36.2 Å². The third-order valence-electron chi connectivity index (χ3n) is 3.33. The van der Waals surface area contributed by atoms with Crippen LogP contribution in [0.4, 0.5) is 0 Å². The molecule has 0 fully saturated rings. The van der Waals surface area contributed by atoms with Gasteiger partial charge < -0.3 is 20.9 Å². The van der Waals surface area contributed by atoms with Crippen molar-refractivity contribution in [3.8, 4) is 11.5 Å². The van der Waals surface area contributed by atoms with Gasteiger partial charge in [0.1, 0.15) is 6.61 Å². The first-order valence-electron chi connectivity index (χ1n) is 7.05. The van der Waals surface area contributed by atoms with Crippen LogP contribution in [-0.4, -0.2) is 13.7 Å². The summed E-state index contributed by atoms with van der Waals surface area (Å²) < 4.78 is 11.2. The Labute approximate surface area is 125 Å². The number of nitrogens with two attached hydrogens (primary N) is 2. The Balaban J connectivity index is 2.09. The summed E-state index contributed by atoms with van der Waals surface area (Å²) in [6.45, 7) is 1.07. The van der Waals surface area contributed by atoms with Crippen LogP contribution in [0.1, 0.15) is 23.6 Å². The lowest BCUT2D eigenvalue weighted by Gasteiger charge is -2.15. The van der Waals surface area contributed by atoms with E-state index in [1.165, 1.54) is 0 Å². The van der Waals surface area contributed by atoms with Gasteiger partial charge in [-0.15, -0.1) is 0 Å². The van der Waals surface area contributed by atoms with Gasteiger partial charge in [0.2, 0.25) is 0 Å². The zero-order valence-electron chi connectivity index (χ0n) is 12.3. The van der Waals surface area contributed by atoms with Gasteiger partial charge in [0, 0.05) is 6.04 Å². The van der Waals surface area contributed by atoms with Crippen LogP contribution >= 0.6 is 0 Å². The SMILES string of the molecule is COc1cc([C@@H](N)CCN)ccc1OCc1ccccc1. The van der Waals surface area contributed by atoms with Crippen LogP contribution in [0.2, 0.25) is 0 Å². The molecule has 2 aromatic carbocycles. The molecule has 1 atom stereocenters. The Kier molecular flexibility index (Phi) is 5.60. The molecule has 0 unspecified atom stereocenters. The van der Waals surface area contributed by atoms with Crippen molar-refractivity contribution in [2.75, 3.05) is 13.7 Å². The largest absolute Gasteiger partial charge is 0.493 e. The molecule has 0 radical (unpaired) electrons. The summed E-state index contributed by atoms with van der Waals surface area (Å²) in [7, 11) is 1.63. The van der Waals surface area contributed by atoms with Gasteiger partial charge >= 0.3 is 0 Å². The van der Waals surface area contributed by atoms with Crippen molar-refractivity contribution >= 4 is 0 Å². The van der Waals surface area contributed by atoms with Crippen LogP contribution in [0, 0.1) is 0 Å². The van der Waals surface area contributed by atoms with Crippen molar-refractivity contribution in [1.82, 2.24) is 0 Å². The van der Waals surface area contributed by atoms with E-state index in [9.17, 15) is 0 Å². The molecule has 0 bridgehead atoms. The molecule has 4 heteroatoms. The third-order valence-corrected chi connectivity index (χ3v) is 3.33. The normalized spacial score (nSPS) is 12.0. The second-order valence-electron chi connectivity index (χ2n) is 4.87. The van der Waals surface area contributed by atoms with E-state index in [4.69, 9.17) is 20.9 Å². The minimum atomic E-state index is -0.0768. The molecular formula is C17H22N2O2. The van der Waals surface area contributed by atoms with E-state index in [1.807, 2.05) is 48.5 Å². The highest BCUT2D eigenvalue weighted by molar-refractivity contribution is 5.44. The smallest absolute Gasteiger partial charge is 0.161 e. The Hall–Kier alpha value is -2.04. The van der Waals surface area contributed by atoms with Gasteiger partial charge in [-0.3, -0.25) is 0 Å². The molecule has 4 nitrogen and oxygen atoms in total. The summed E-state index contributed by atoms with van der Waals surface area (Å²) in [6.07, 6.45) is 0.743. The molecule has 112 valence electrons. The number of rotatable bonds is 7. The summed E-state index contributed by atoms with van der Waals surface area (Å²) in [6, 6.07) is 15.7. The Morgan fingerprint density at radius 1 is 1.05 bits per heavy atom. The van der Waals surface area contributed by atoms with Gasteiger partial charge in [-0.1, -0.05) is 36.4 Å². The lowest BCUT2D eigenvalue weighted by Crippen LogP contribution is -2.15. The number of hydrogen-bond donors (Lipinski definition) is 2. The highest BCUT2D eigenvalue weighted by Crippen LogP contribution is 2.31. The molecule has 2 rings (SSSR count). The standard InChI is InChI=1S/C17H22N2O2/c1-20-17-11-14(15(19)9-10-18)7-8-16(17)21-12-13-5-3-2-4-6-13/h2-8,11,15H,9-10,12,18-19H2,1H3/t15-/m0/s1. The molecule has 0 aliphatic rings. The van der Waals surface area contributed by atoms with E-state index in [1.54, 1.807) is 7.11 Å². The van der Waals surface area contributed by atoms with E-state index in [-0.39, 0.29) is 6.04 Å². The number of hydrogen-bond acceptors (Lipinski definition) is 4. The monoisotopic (exact) mass is 286 g/mol. The van der Waals surface area contributed by atoms with Crippen LogP contribution in [0.15, 0.2) is 48.5 Å². The summed E-state index contributed by atoms with van der Waals surface area (Å²) in [5.41, 5.74) is 13.7. The predicted octanol–water partition coefficient (Wildman–Crippen LogP) is 2.62. The molecule has 0 aliphatic carbocycles. The minimum Gasteiger partial charge on any atom is -0.493 e. The van der Waals surface area contributed by atoms with E-state index < -0.39 is 0 Å². The fourth-order valence-electron chi connectivity index (χ4n) is 2.12. The van der Waals surface area contributed by atoms with Crippen molar-refractivity contribution < 1.29 is 9.47 Å². The number of benzene rings is 2. The first kappa shape index (κ1) is 15.4. The molecule has 0 heterocycles. The molecule has 0 saturated heterocycles. The molecule has 0 aromatic heterocycles. The van der Waals surface area contributed by atoms with Gasteiger partial charge in [0.05, 0.1) is 7.11 Å². The predicted molar refractivity (Wildman–Crippen MR) is 84.4 cm³/mol. The van der Waals surface area contributed by atoms with E-state index in [0.717, 1.165) is 17.5 Å². The van der Waals surface area contributed by atoms with Crippen molar-refractivity contribution in [1.29, 1.82) is 0 Å². The van der Waals surface area contributed by atoms with Gasteiger partial charge in [0.25, 0.3) is 0 Å². The van der Waals surface area contributed by atoms with Crippen LogP contribution in [0.3, 0.4) is 0 Å². The van der Waals surface area contributed by atoms with Crippen LogP contribution in [-0.2, 0) is 6.61 Å². The van der Waals surface area contributed by atoms with Crippen molar-refractivity contribution in [2.45, 2.75) is 19.1 Å². The Morgan fingerprint density at radius 2 is 1.81 bits per heavy atom. The molecular weight excluding hydrogens is 264 g/mol. The van der Waals surface area contributed by atoms with Gasteiger partial charge in [-0.2, -0.15) is 0 Å². The zero-order chi connectivity index (χ0) is 15.1. The maximum Gasteiger partial charge on any atom is 0.161 e. The van der Waals surface area contributed by atoms with E-state index in [2.05, 4.69) is 0 Å². The molecule has 0 amide bonds. The summed E-state index contributed by atoms with van der Waals surface area (Å²) >= 11 is 0. The number of methoxy groups -OCH3 is 1. The lowest BCUT2D eigenvalue weighted by atomic mass is 10.0. The maximum atomic E-state index is 6.07. The second kappa shape index (κ2) is 7.67. The second-order valence-corrected chi connectivity index (χ2v) is 4.87. The Morgan fingerprint density at radius 3 is 2.48 bits per heavy atom. The number of ether oxygens (including phenoxy) is 2. The van der Waals surface area contributed by atoms with Crippen molar-refractivity contribution in [3.63, 3.8) is 0 Å². The van der Waals surface area contributed by atoms with Crippen LogP contribution < -0.4 is 20.9 Å². The molecule has 0 spiro atoms. The van der Waals surface area contributed by atoms with E-state index >= 15 is 0 Å². The van der Waals surface area contributed by atoms with Gasteiger partial charge in [0.15, 0.2) is 11.5 Å². The molecule has 0 saturated carbocycles. The third kappa shape index (κ3) is 4.21. The fourth-order valence-corrected chi connectivity index (χ4v) is 2.12. The van der Waals surface area contributed by atoms with Crippen LogP contribution in [0.5, 0.6) is 11.5 Å². The maximum absolute atomic E-state index is 6.07. The topological polar surface area (TPSA) is 70.5 Å². The van der Waals surface area contributed by atoms with Crippen LogP contribution in [0.25, 0.3) is 0 Å². The first-order chi connectivity index (χ1) is 10.2. The lowest BCUT2D eigenvalue weighted by molar-refractivity contribution is 0.284. The zero-order valence-corrected chi connectivity index (χ0v) is 12.3. The highest BCUT2D eigenvalue weighted by atomic mass is 16.5. The van der Waals surface area contributed by atoms with Gasteiger partial charge in [-0.25, -0.2) is 0 Å². The highest BCUT2D eigenvalue weighted by Gasteiger charge is 2.10. The molecule has 21 heavy (non-hydrogen) atoms. The quantitative estimate of drug-likeness (QED) is 0.821. The molecule has 2 aromatic rings. The molecule has 0 aliphatic heterocycles. The average molecular weight is 286 g/mol. The average Bonchev–Trinajstić information content (AvgIpc) is 2.54. The molecule has 4 N–H and O–H groups in total. The van der Waals surface area contributed by atoms with Crippen molar-refractivity contribution in [2.24, 2.45) is 11.5 Å². The summed E-state index contributed by atoms with van der Waals surface area (Å²) in [5, 5.41) is 0. The van der Waals surface area contributed by atoms with Crippen molar-refractivity contribution in [3.05, 3.63) is 59.7 Å². The Bertz CT molecular complexity index is 558. The fraction of sp³-hybridized carbons (Fsp3) is 0.294. The first-order valence-corrected chi connectivity index (χ1v) is 7.05. The van der Waals surface area contributed by atoms with E-state index in [0.29, 0.717) is 24.7 Å². The minimum absolute atomic E-state index is 0.0768.